The summed E-state index contributed by atoms with van der Waals surface area (Å²) < 4.78 is 0. The fraction of sp³-hybridized carbons (Fsp3) is 0.446. The Balaban J connectivity index is 1.24. The largest absolute Gasteiger partial charge is 0.311 e. The Labute approximate surface area is 410 Å². The zero-order chi connectivity index (χ0) is 48.2. The smallest absolute Gasteiger partial charge is 0.252 e. The highest BCUT2D eigenvalue weighted by molar-refractivity contribution is 7.00. The van der Waals surface area contributed by atoms with E-state index in [2.05, 4.69) is 212 Å². The molecule has 0 spiro atoms. The van der Waals surface area contributed by atoms with Crippen molar-refractivity contribution in [3.63, 3.8) is 0 Å². The maximum atomic E-state index is 2.77. The van der Waals surface area contributed by atoms with Gasteiger partial charge in [-0.05, 0) is 204 Å². The Kier molecular flexibility index (Phi) is 8.87. The summed E-state index contributed by atoms with van der Waals surface area (Å²) in [7, 11) is 0. The van der Waals surface area contributed by atoms with Gasteiger partial charge in [0.15, 0.2) is 0 Å². The molecule has 0 N–H and O–H groups in total. The number of nitrogens with zero attached hydrogens (tertiary/aromatic N) is 2. The monoisotopic (exact) mass is 895 g/mol. The van der Waals surface area contributed by atoms with Gasteiger partial charge in [-0.2, -0.15) is 0 Å². The molecular formula is C65H75BN2. The zero-order valence-corrected chi connectivity index (χ0v) is 44.4. The van der Waals surface area contributed by atoms with Crippen molar-refractivity contribution < 1.29 is 0 Å². The lowest BCUT2D eigenvalue weighted by Gasteiger charge is -2.49. The lowest BCUT2D eigenvalue weighted by molar-refractivity contribution is 0.331. The quantitative estimate of drug-likeness (QED) is 0.160. The summed E-state index contributed by atoms with van der Waals surface area (Å²) in [5.41, 5.74) is 30.1. The molecule has 0 aromatic heterocycles. The Bertz CT molecular complexity index is 3200. The summed E-state index contributed by atoms with van der Waals surface area (Å²) in [5, 5.41) is 0. The van der Waals surface area contributed by atoms with Gasteiger partial charge in [0.1, 0.15) is 0 Å². The highest BCUT2D eigenvalue weighted by Gasteiger charge is 2.50. The SMILES string of the molecule is Cc1cc2c3c(c1)N(c1cccc4c1C(C)(C)c1ccccc1-4)c1cc4c(cc1B3c1cc3c(cc1N2c1cc2c(cc1C)C(C)(C)CCC2(C)C)C(C)(C)CCC3(C)C)C(C)(C)CCC4(C)C. The minimum Gasteiger partial charge on any atom is -0.311 e. The van der Waals surface area contributed by atoms with Gasteiger partial charge < -0.3 is 9.80 Å². The maximum absolute atomic E-state index is 2.77. The summed E-state index contributed by atoms with van der Waals surface area (Å²) in [4.78, 5) is 5.54. The van der Waals surface area contributed by atoms with Gasteiger partial charge in [0.05, 0.1) is 5.69 Å². The first kappa shape index (κ1) is 44.2. The van der Waals surface area contributed by atoms with Crippen molar-refractivity contribution in [2.75, 3.05) is 9.80 Å². The molecule has 2 nitrogen and oxygen atoms in total. The van der Waals surface area contributed by atoms with Crippen LogP contribution >= 0.6 is 0 Å². The van der Waals surface area contributed by atoms with Crippen LogP contribution in [0.2, 0.25) is 0 Å². The highest BCUT2D eigenvalue weighted by Crippen LogP contribution is 2.58. The molecule has 2 aliphatic heterocycles. The Morgan fingerprint density at radius 2 is 0.765 bits per heavy atom. The summed E-state index contributed by atoms with van der Waals surface area (Å²) >= 11 is 0. The molecule has 0 saturated heterocycles. The first-order valence-corrected chi connectivity index (χ1v) is 26.3. The molecule has 348 valence electrons. The van der Waals surface area contributed by atoms with Crippen molar-refractivity contribution in [2.45, 2.75) is 187 Å². The molecule has 6 aromatic carbocycles. The predicted octanol–water partition coefficient (Wildman–Crippen LogP) is 15.7. The number of rotatable bonds is 2. The number of fused-ring (bicyclic) bond motifs is 10. The molecular weight excluding hydrogens is 820 g/mol. The van der Waals surface area contributed by atoms with Crippen molar-refractivity contribution in [2.24, 2.45) is 0 Å². The second kappa shape index (κ2) is 13.6. The fourth-order valence-electron chi connectivity index (χ4n) is 14.7. The predicted molar refractivity (Wildman–Crippen MR) is 293 cm³/mol. The van der Waals surface area contributed by atoms with Gasteiger partial charge in [-0.3, -0.25) is 0 Å². The van der Waals surface area contributed by atoms with Gasteiger partial charge in [0.2, 0.25) is 0 Å². The third-order valence-corrected chi connectivity index (χ3v) is 19.4. The van der Waals surface area contributed by atoms with Gasteiger partial charge in [-0.1, -0.05) is 152 Å². The molecule has 3 heteroatoms. The molecule has 6 aliphatic rings. The molecule has 0 atom stereocenters. The van der Waals surface area contributed by atoms with Crippen LogP contribution in [0.3, 0.4) is 0 Å². The van der Waals surface area contributed by atoms with Crippen LogP contribution in [-0.4, -0.2) is 6.71 Å². The van der Waals surface area contributed by atoms with Gasteiger partial charge in [0.25, 0.3) is 6.71 Å². The van der Waals surface area contributed by atoms with Crippen molar-refractivity contribution in [3.8, 4) is 11.1 Å². The standard InChI is InChI=1S/C65H75BN2/c1-38-30-55-58-56(31-38)68(52-35-46-43(32-39(52)2)59(3,4)24-27-62(46,9)10)54-37-48-45(61(7,8)26-29-64(48,13)14)34-50(54)66(58)49-33-44-47(63(11,12)28-25-60(44,5)6)36-53(49)67(55)51-23-19-21-41-40-20-17-18-22-42(40)65(15,16)57(41)51/h17-23,30-37H,24-29H2,1-16H3. The average molecular weight is 895 g/mol. The van der Waals surface area contributed by atoms with E-state index < -0.39 is 0 Å². The maximum Gasteiger partial charge on any atom is 0.252 e. The van der Waals surface area contributed by atoms with Crippen LogP contribution in [0, 0.1) is 13.8 Å². The minimum atomic E-state index is -0.185. The normalized spacial score (nSPS) is 21.6. The molecule has 12 rings (SSSR count). The first-order valence-electron chi connectivity index (χ1n) is 26.3. The van der Waals surface area contributed by atoms with E-state index in [9.17, 15) is 0 Å². The van der Waals surface area contributed by atoms with Crippen LogP contribution in [-0.2, 0) is 37.9 Å². The topological polar surface area (TPSA) is 6.48 Å². The van der Waals surface area contributed by atoms with E-state index in [-0.39, 0.29) is 44.6 Å². The number of aryl methyl sites for hydroxylation is 2. The van der Waals surface area contributed by atoms with Gasteiger partial charge in [-0.15, -0.1) is 0 Å². The number of benzene rings is 6. The third kappa shape index (κ3) is 5.89. The van der Waals surface area contributed by atoms with Crippen LogP contribution in [0.4, 0.5) is 34.1 Å². The number of hydrogen-bond acceptors (Lipinski definition) is 2. The first-order chi connectivity index (χ1) is 31.8. The summed E-state index contributed by atoms with van der Waals surface area (Å²) in [5.74, 6) is 0. The van der Waals surface area contributed by atoms with E-state index in [4.69, 9.17) is 0 Å². The molecule has 68 heavy (non-hydrogen) atoms. The molecule has 0 bridgehead atoms. The van der Waals surface area contributed by atoms with E-state index in [0.29, 0.717) is 0 Å². The molecule has 0 fully saturated rings. The van der Waals surface area contributed by atoms with Crippen LogP contribution in [0.5, 0.6) is 0 Å². The Hall–Kier alpha value is -5.02. The van der Waals surface area contributed by atoms with Gasteiger partial charge >= 0.3 is 0 Å². The second-order valence-electron chi connectivity index (χ2n) is 27.1. The summed E-state index contributed by atoms with van der Waals surface area (Å²) in [6, 6.07) is 37.6. The van der Waals surface area contributed by atoms with Crippen LogP contribution in [0.25, 0.3) is 11.1 Å². The third-order valence-electron chi connectivity index (χ3n) is 19.4. The van der Waals surface area contributed by atoms with E-state index in [1.165, 1.54) is 150 Å². The van der Waals surface area contributed by atoms with E-state index in [1.54, 1.807) is 5.56 Å². The fourth-order valence-corrected chi connectivity index (χ4v) is 14.7. The van der Waals surface area contributed by atoms with E-state index in [0.717, 1.165) is 0 Å². The van der Waals surface area contributed by atoms with Crippen molar-refractivity contribution in [1.82, 2.24) is 0 Å². The molecule has 4 aliphatic carbocycles. The van der Waals surface area contributed by atoms with E-state index >= 15 is 0 Å². The summed E-state index contributed by atoms with van der Waals surface area (Å²) in [6.45, 7) is 39.8. The number of anilines is 6. The van der Waals surface area contributed by atoms with Crippen LogP contribution in [0.1, 0.15) is 191 Å². The molecule has 0 unspecified atom stereocenters. The second-order valence-corrected chi connectivity index (χ2v) is 27.1. The van der Waals surface area contributed by atoms with Crippen molar-refractivity contribution in [1.29, 1.82) is 0 Å². The molecule has 0 saturated carbocycles. The van der Waals surface area contributed by atoms with Crippen molar-refractivity contribution >= 4 is 57.2 Å². The van der Waals surface area contributed by atoms with E-state index in [1.807, 2.05) is 0 Å². The Morgan fingerprint density at radius 1 is 0.368 bits per heavy atom. The number of hydrogen-bond donors (Lipinski definition) is 0. The Morgan fingerprint density at radius 3 is 1.25 bits per heavy atom. The summed E-state index contributed by atoms with van der Waals surface area (Å²) in [6.07, 6.45) is 7.14. The molecule has 0 amide bonds. The van der Waals surface area contributed by atoms with Crippen LogP contribution < -0.4 is 26.2 Å². The van der Waals surface area contributed by atoms with Gasteiger partial charge in [0, 0.05) is 33.9 Å². The van der Waals surface area contributed by atoms with Crippen molar-refractivity contribution in [3.05, 3.63) is 147 Å². The minimum absolute atomic E-state index is 0.0556. The van der Waals surface area contributed by atoms with Gasteiger partial charge in [-0.25, -0.2) is 0 Å². The van der Waals surface area contributed by atoms with Crippen LogP contribution in [0.15, 0.2) is 91.0 Å². The zero-order valence-electron chi connectivity index (χ0n) is 44.4. The molecule has 0 radical (unpaired) electrons. The molecule has 6 aromatic rings. The molecule has 2 heterocycles. The lowest BCUT2D eigenvalue weighted by atomic mass is 9.32. The lowest BCUT2D eigenvalue weighted by Crippen LogP contribution is -2.62. The highest BCUT2D eigenvalue weighted by atomic mass is 15.2. The average Bonchev–Trinajstić information content (AvgIpc) is 3.51.